The first kappa shape index (κ1) is 14.2. The van der Waals surface area contributed by atoms with Gasteiger partial charge in [-0.1, -0.05) is 36.4 Å². The molecule has 0 fully saturated rings. The third kappa shape index (κ3) is 3.44. The van der Waals surface area contributed by atoms with Gasteiger partial charge < -0.3 is 10.4 Å². The summed E-state index contributed by atoms with van der Waals surface area (Å²) in [5, 5.41) is 24.9. The molecule has 0 radical (unpaired) electrons. The van der Waals surface area contributed by atoms with Gasteiger partial charge in [0.05, 0.1) is 12.6 Å². The molecule has 22 heavy (non-hydrogen) atoms. The SMILES string of the molecule is OC(CNc1ccccn1)Cn1nnnc1-c1ccccc1. The van der Waals surface area contributed by atoms with E-state index in [1.54, 1.807) is 10.9 Å². The maximum atomic E-state index is 10.1. The molecule has 7 heteroatoms. The average molecular weight is 296 g/mol. The van der Waals surface area contributed by atoms with Crippen molar-refractivity contribution in [2.24, 2.45) is 0 Å². The van der Waals surface area contributed by atoms with Crippen LogP contribution in [0, 0.1) is 0 Å². The van der Waals surface area contributed by atoms with E-state index in [4.69, 9.17) is 0 Å². The van der Waals surface area contributed by atoms with Gasteiger partial charge in [0.2, 0.25) is 0 Å². The lowest BCUT2D eigenvalue weighted by atomic mass is 10.2. The van der Waals surface area contributed by atoms with E-state index in [1.165, 1.54) is 0 Å². The van der Waals surface area contributed by atoms with Crippen LogP contribution >= 0.6 is 0 Å². The first-order valence-electron chi connectivity index (χ1n) is 6.97. The third-order valence-electron chi connectivity index (χ3n) is 3.13. The Morgan fingerprint density at radius 3 is 2.68 bits per heavy atom. The maximum absolute atomic E-state index is 10.1. The highest BCUT2D eigenvalue weighted by molar-refractivity contribution is 5.53. The van der Waals surface area contributed by atoms with Crippen LogP contribution in [0.15, 0.2) is 54.7 Å². The number of pyridine rings is 1. The van der Waals surface area contributed by atoms with Gasteiger partial charge >= 0.3 is 0 Å². The van der Waals surface area contributed by atoms with Crippen molar-refractivity contribution >= 4 is 5.82 Å². The smallest absolute Gasteiger partial charge is 0.182 e. The van der Waals surface area contributed by atoms with E-state index in [0.717, 1.165) is 11.4 Å². The molecule has 0 amide bonds. The quantitative estimate of drug-likeness (QED) is 0.710. The zero-order valence-corrected chi connectivity index (χ0v) is 11.9. The number of nitrogens with one attached hydrogen (secondary N) is 1. The fourth-order valence-electron chi connectivity index (χ4n) is 2.08. The molecule has 1 aromatic carbocycles. The lowest BCUT2D eigenvalue weighted by molar-refractivity contribution is 0.161. The molecule has 0 spiro atoms. The first-order chi connectivity index (χ1) is 10.8. The topological polar surface area (TPSA) is 88.8 Å². The monoisotopic (exact) mass is 296 g/mol. The van der Waals surface area contributed by atoms with E-state index in [2.05, 4.69) is 25.8 Å². The standard InChI is InChI=1S/C15H16N6O/c22-13(10-17-14-8-4-5-9-16-14)11-21-15(18-19-20-21)12-6-2-1-3-7-12/h1-9,13,22H,10-11H2,(H,16,17). The molecule has 2 aromatic heterocycles. The maximum Gasteiger partial charge on any atom is 0.182 e. The van der Waals surface area contributed by atoms with Crippen molar-refractivity contribution in [3.05, 3.63) is 54.7 Å². The minimum Gasteiger partial charge on any atom is -0.389 e. The van der Waals surface area contributed by atoms with E-state index in [0.29, 0.717) is 18.9 Å². The van der Waals surface area contributed by atoms with Crippen molar-refractivity contribution in [2.75, 3.05) is 11.9 Å². The molecule has 3 aromatic rings. The summed E-state index contributed by atoms with van der Waals surface area (Å²) >= 11 is 0. The molecule has 0 aliphatic heterocycles. The number of anilines is 1. The Balaban J connectivity index is 1.63. The van der Waals surface area contributed by atoms with Crippen molar-refractivity contribution in [1.82, 2.24) is 25.2 Å². The molecular weight excluding hydrogens is 280 g/mol. The number of tetrazole rings is 1. The number of aliphatic hydroxyl groups is 1. The second-order valence-electron chi connectivity index (χ2n) is 4.80. The molecule has 1 unspecified atom stereocenters. The summed E-state index contributed by atoms with van der Waals surface area (Å²) in [5.41, 5.74) is 0.914. The van der Waals surface area contributed by atoms with Crippen LogP contribution in [0.3, 0.4) is 0 Å². The second kappa shape index (κ2) is 6.77. The van der Waals surface area contributed by atoms with Gasteiger partial charge in [0.1, 0.15) is 5.82 Å². The van der Waals surface area contributed by atoms with E-state index < -0.39 is 6.10 Å². The van der Waals surface area contributed by atoms with Crippen molar-refractivity contribution < 1.29 is 5.11 Å². The average Bonchev–Trinajstić information content (AvgIpc) is 3.03. The second-order valence-corrected chi connectivity index (χ2v) is 4.80. The molecule has 2 N–H and O–H groups in total. The number of hydrogen-bond acceptors (Lipinski definition) is 6. The molecule has 0 saturated heterocycles. The number of hydrogen-bond donors (Lipinski definition) is 2. The third-order valence-corrected chi connectivity index (χ3v) is 3.13. The Hall–Kier alpha value is -2.80. The van der Waals surface area contributed by atoms with Gasteiger partial charge in [0.25, 0.3) is 0 Å². The number of aliphatic hydroxyl groups excluding tert-OH is 1. The van der Waals surface area contributed by atoms with E-state index in [9.17, 15) is 5.11 Å². The molecule has 3 rings (SSSR count). The molecule has 7 nitrogen and oxygen atoms in total. The highest BCUT2D eigenvalue weighted by Gasteiger charge is 2.12. The minimum absolute atomic E-state index is 0.303. The molecule has 0 saturated carbocycles. The zero-order chi connectivity index (χ0) is 15.2. The predicted octanol–water partition coefficient (Wildman–Crippen LogP) is 1.21. The zero-order valence-electron chi connectivity index (χ0n) is 11.9. The Morgan fingerprint density at radius 2 is 1.91 bits per heavy atom. The van der Waals surface area contributed by atoms with Gasteiger partial charge in [-0.15, -0.1) is 5.10 Å². The molecular formula is C15H16N6O. The summed E-state index contributed by atoms with van der Waals surface area (Å²) in [6.07, 6.45) is 1.07. The number of nitrogens with zero attached hydrogens (tertiary/aromatic N) is 5. The fraction of sp³-hybridized carbons (Fsp3) is 0.200. The molecule has 0 aliphatic carbocycles. The minimum atomic E-state index is -0.632. The summed E-state index contributed by atoms with van der Waals surface area (Å²) in [4.78, 5) is 4.14. The van der Waals surface area contributed by atoms with Gasteiger partial charge in [-0.2, -0.15) is 0 Å². The van der Waals surface area contributed by atoms with Crippen LogP contribution in [-0.2, 0) is 6.54 Å². The van der Waals surface area contributed by atoms with Crippen LogP contribution in [0.1, 0.15) is 0 Å². The lowest BCUT2D eigenvalue weighted by Gasteiger charge is -2.13. The van der Waals surface area contributed by atoms with Crippen molar-refractivity contribution in [2.45, 2.75) is 12.6 Å². The molecule has 112 valence electrons. The Morgan fingerprint density at radius 1 is 1.09 bits per heavy atom. The Kier molecular flexibility index (Phi) is 4.35. The van der Waals surface area contributed by atoms with Crippen molar-refractivity contribution in [1.29, 1.82) is 0 Å². The van der Waals surface area contributed by atoms with E-state index >= 15 is 0 Å². The highest BCUT2D eigenvalue weighted by atomic mass is 16.3. The summed E-state index contributed by atoms with van der Waals surface area (Å²) in [6, 6.07) is 15.2. The Labute approximate surface area is 127 Å². The van der Waals surface area contributed by atoms with Gasteiger partial charge in [0, 0.05) is 18.3 Å². The summed E-state index contributed by atoms with van der Waals surface area (Å²) in [7, 11) is 0. The van der Waals surface area contributed by atoms with Gasteiger partial charge in [-0.05, 0) is 22.6 Å². The van der Waals surface area contributed by atoms with Gasteiger partial charge in [0.15, 0.2) is 5.82 Å². The first-order valence-corrected chi connectivity index (χ1v) is 6.97. The highest BCUT2D eigenvalue weighted by Crippen LogP contribution is 2.14. The van der Waals surface area contributed by atoms with E-state index in [1.807, 2.05) is 48.5 Å². The molecule has 2 heterocycles. The summed E-state index contributed by atoms with van der Waals surface area (Å²) in [6.45, 7) is 0.669. The van der Waals surface area contributed by atoms with Crippen molar-refractivity contribution in [3.63, 3.8) is 0 Å². The van der Waals surface area contributed by atoms with Gasteiger partial charge in [-0.25, -0.2) is 9.67 Å². The normalized spacial score (nSPS) is 12.0. The predicted molar refractivity (Wildman–Crippen MR) is 82.0 cm³/mol. The summed E-state index contributed by atoms with van der Waals surface area (Å²) < 4.78 is 1.60. The van der Waals surface area contributed by atoms with Crippen LogP contribution in [0.4, 0.5) is 5.82 Å². The fourth-order valence-corrected chi connectivity index (χ4v) is 2.08. The van der Waals surface area contributed by atoms with Crippen LogP contribution in [0.2, 0.25) is 0 Å². The van der Waals surface area contributed by atoms with Crippen LogP contribution in [0.5, 0.6) is 0 Å². The number of benzene rings is 1. The largest absolute Gasteiger partial charge is 0.389 e. The molecule has 0 aliphatic rings. The van der Waals surface area contributed by atoms with Crippen molar-refractivity contribution in [3.8, 4) is 11.4 Å². The lowest BCUT2D eigenvalue weighted by Crippen LogP contribution is -2.26. The van der Waals surface area contributed by atoms with Crippen LogP contribution < -0.4 is 5.32 Å². The van der Waals surface area contributed by atoms with E-state index in [-0.39, 0.29) is 0 Å². The van der Waals surface area contributed by atoms with Gasteiger partial charge in [-0.3, -0.25) is 0 Å². The number of rotatable bonds is 6. The molecule has 0 bridgehead atoms. The molecule has 1 atom stereocenters. The van der Waals surface area contributed by atoms with Crippen LogP contribution in [0.25, 0.3) is 11.4 Å². The van der Waals surface area contributed by atoms with Crippen LogP contribution in [-0.4, -0.2) is 42.9 Å². The number of aromatic nitrogens is 5. The Bertz CT molecular complexity index is 700. The summed E-state index contributed by atoms with van der Waals surface area (Å²) in [5.74, 6) is 1.36.